The summed E-state index contributed by atoms with van der Waals surface area (Å²) in [6.45, 7) is 7.59. The number of aliphatic hydroxyl groups excluding tert-OH is 1. The Balaban J connectivity index is 1.72. The van der Waals surface area contributed by atoms with Crippen LogP contribution in [0.4, 0.5) is 5.13 Å². The molecular weight excluding hydrogens is 464 g/mol. The molecule has 7 nitrogen and oxygen atoms in total. The van der Waals surface area contributed by atoms with Crippen LogP contribution < -0.4 is 9.64 Å². The maximum Gasteiger partial charge on any atom is 0.302 e. The maximum atomic E-state index is 13.4. The number of anilines is 1. The van der Waals surface area contributed by atoms with Gasteiger partial charge in [0.2, 0.25) is 0 Å². The van der Waals surface area contributed by atoms with Crippen molar-refractivity contribution in [1.82, 2.24) is 4.98 Å². The molecule has 5 rings (SSSR count). The number of carbonyl (C=O) groups excluding carboxylic acids is 2. The Morgan fingerprint density at radius 3 is 2.49 bits per heavy atom. The van der Waals surface area contributed by atoms with Crippen molar-refractivity contribution in [3.63, 3.8) is 0 Å². The Morgan fingerprint density at radius 2 is 1.83 bits per heavy atom. The smallest absolute Gasteiger partial charge is 0.302 e. The number of aromatic nitrogens is 1. The number of thiazole rings is 1. The van der Waals surface area contributed by atoms with Gasteiger partial charge in [-0.25, -0.2) is 4.98 Å². The molecule has 1 aliphatic heterocycles. The second kappa shape index (κ2) is 8.39. The van der Waals surface area contributed by atoms with Crippen LogP contribution in [-0.4, -0.2) is 28.9 Å². The monoisotopic (exact) mass is 488 g/mol. The van der Waals surface area contributed by atoms with Crippen molar-refractivity contribution in [2.75, 3.05) is 12.0 Å². The molecular formula is C27H24N2O5S. The van der Waals surface area contributed by atoms with Crippen LogP contribution >= 0.6 is 11.3 Å². The quantitative estimate of drug-likeness (QED) is 0.223. The number of benzene rings is 2. The average Bonchev–Trinajstić information content (AvgIpc) is 3.49. The number of ether oxygens (including phenoxy) is 1. The Kier molecular flexibility index (Phi) is 5.48. The van der Waals surface area contributed by atoms with Crippen molar-refractivity contribution in [3.8, 4) is 5.75 Å². The summed E-state index contributed by atoms with van der Waals surface area (Å²) in [5.41, 5.74) is 4.00. The van der Waals surface area contributed by atoms with Crippen LogP contribution in [-0.2, 0) is 9.59 Å². The zero-order chi connectivity index (χ0) is 25.0. The zero-order valence-corrected chi connectivity index (χ0v) is 20.8. The predicted octanol–water partition coefficient (Wildman–Crippen LogP) is 5.76. The number of carbonyl (C=O) groups is 2. The van der Waals surface area contributed by atoms with Crippen LogP contribution in [0.15, 0.2) is 52.5 Å². The summed E-state index contributed by atoms with van der Waals surface area (Å²) in [4.78, 5) is 32.8. The highest BCUT2D eigenvalue weighted by Crippen LogP contribution is 2.45. The van der Waals surface area contributed by atoms with Gasteiger partial charge in [-0.3, -0.25) is 14.5 Å². The van der Waals surface area contributed by atoms with E-state index in [0.29, 0.717) is 28.0 Å². The lowest BCUT2D eigenvalue weighted by Crippen LogP contribution is -2.29. The molecule has 1 aliphatic rings. The summed E-state index contributed by atoms with van der Waals surface area (Å²) >= 11 is 1.33. The van der Waals surface area contributed by atoms with E-state index in [1.807, 2.05) is 32.9 Å². The van der Waals surface area contributed by atoms with Crippen LogP contribution in [0.25, 0.3) is 16.0 Å². The van der Waals surface area contributed by atoms with Gasteiger partial charge in [-0.15, -0.1) is 0 Å². The number of ketones is 1. The third-order valence-corrected chi connectivity index (χ3v) is 7.17. The number of nitrogens with zero attached hydrogens (tertiary/aromatic N) is 2. The number of fused-ring (bicyclic) bond motifs is 1. The van der Waals surface area contributed by atoms with E-state index in [4.69, 9.17) is 14.1 Å². The van der Waals surface area contributed by atoms with Crippen LogP contribution in [0.2, 0.25) is 0 Å². The molecule has 1 unspecified atom stereocenters. The second-order valence-corrected chi connectivity index (χ2v) is 9.74. The summed E-state index contributed by atoms with van der Waals surface area (Å²) in [6, 6.07) is 11.6. The third-order valence-electron chi connectivity index (χ3n) is 6.17. The standard InChI is InChI=1S/C27H24N2O5S/c1-13-10-15(3)22-20(11-13)35-27(28-22)29-23(19-8-6-16(4)34-19)21(25(31)26(29)32)24(30)17-7-9-18(33-5)14(2)12-17/h6-12,23,30H,1-5H3. The lowest BCUT2D eigenvalue weighted by molar-refractivity contribution is -0.132. The van der Waals surface area contributed by atoms with Gasteiger partial charge < -0.3 is 14.3 Å². The van der Waals surface area contributed by atoms with Gasteiger partial charge in [0.25, 0.3) is 5.78 Å². The van der Waals surface area contributed by atoms with Gasteiger partial charge in [0, 0.05) is 5.56 Å². The summed E-state index contributed by atoms with van der Waals surface area (Å²) in [7, 11) is 1.56. The topological polar surface area (TPSA) is 92.9 Å². The number of methoxy groups -OCH3 is 1. The van der Waals surface area contributed by atoms with E-state index >= 15 is 0 Å². The van der Waals surface area contributed by atoms with E-state index in [-0.39, 0.29) is 11.3 Å². The van der Waals surface area contributed by atoms with Gasteiger partial charge in [0.1, 0.15) is 29.1 Å². The Hall–Kier alpha value is -3.91. The first-order chi connectivity index (χ1) is 16.7. The van der Waals surface area contributed by atoms with Crippen LogP contribution in [0.1, 0.15) is 39.8 Å². The predicted molar refractivity (Wildman–Crippen MR) is 135 cm³/mol. The lowest BCUT2D eigenvalue weighted by Gasteiger charge is -2.20. The SMILES string of the molecule is COc1ccc(C(O)=C2C(=O)C(=O)N(c3nc4c(C)cc(C)cc4s3)C2c2ccc(C)o2)cc1C. The first kappa shape index (κ1) is 22.9. The Bertz CT molecular complexity index is 1540. The molecule has 0 radical (unpaired) electrons. The molecule has 35 heavy (non-hydrogen) atoms. The highest BCUT2D eigenvalue weighted by atomic mass is 32.1. The van der Waals surface area contributed by atoms with Crippen LogP contribution in [0.3, 0.4) is 0 Å². The summed E-state index contributed by atoms with van der Waals surface area (Å²) in [5, 5.41) is 11.7. The van der Waals surface area contributed by atoms with Gasteiger partial charge in [0.15, 0.2) is 5.13 Å². The highest BCUT2D eigenvalue weighted by Gasteiger charge is 2.49. The fraction of sp³-hybridized carbons (Fsp3) is 0.222. The van der Waals surface area contributed by atoms with E-state index in [1.54, 1.807) is 44.4 Å². The summed E-state index contributed by atoms with van der Waals surface area (Å²) < 4.78 is 12.1. The minimum Gasteiger partial charge on any atom is -0.507 e. The molecule has 2 aromatic carbocycles. The molecule has 1 atom stereocenters. The molecule has 0 aliphatic carbocycles. The van der Waals surface area contributed by atoms with E-state index in [0.717, 1.165) is 26.9 Å². The van der Waals surface area contributed by atoms with Crippen molar-refractivity contribution in [2.45, 2.75) is 33.7 Å². The Labute approximate surface area is 206 Å². The van der Waals surface area contributed by atoms with Crippen molar-refractivity contribution >= 4 is 44.1 Å². The molecule has 3 heterocycles. The van der Waals surface area contributed by atoms with Crippen LogP contribution in [0.5, 0.6) is 5.75 Å². The maximum absolute atomic E-state index is 13.4. The second-order valence-electron chi connectivity index (χ2n) is 8.73. The number of hydrogen-bond acceptors (Lipinski definition) is 7. The molecule has 0 spiro atoms. The molecule has 178 valence electrons. The van der Waals surface area contributed by atoms with Gasteiger partial charge in [-0.1, -0.05) is 17.4 Å². The van der Waals surface area contributed by atoms with Gasteiger partial charge in [-0.2, -0.15) is 0 Å². The number of amides is 1. The number of furan rings is 1. The van der Waals surface area contributed by atoms with Crippen molar-refractivity contribution in [3.05, 3.63) is 81.8 Å². The highest BCUT2D eigenvalue weighted by molar-refractivity contribution is 7.22. The average molecular weight is 489 g/mol. The molecule has 2 aromatic heterocycles. The van der Waals surface area contributed by atoms with Crippen LogP contribution in [0, 0.1) is 27.7 Å². The molecule has 1 fully saturated rings. The van der Waals surface area contributed by atoms with E-state index in [1.165, 1.54) is 16.2 Å². The van der Waals surface area contributed by atoms with Crippen molar-refractivity contribution < 1.29 is 23.8 Å². The van der Waals surface area contributed by atoms with E-state index < -0.39 is 17.7 Å². The molecule has 1 amide bonds. The molecule has 1 saturated heterocycles. The molecule has 8 heteroatoms. The molecule has 0 saturated carbocycles. The number of aryl methyl sites for hydroxylation is 4. The third kappa shape index (κ3) is 3.70. The first-order valence-corrected chi connectivity index (χ1v) is 11.9. The minimum absolute atomic E-state index is 0.0407. The normalized spacial score (nSPS) is 17.5. The van der Waals surface area contributed by atoms with Gasteiger partial charge >= 0.3 is 5.91 Å². The fourth-order valence-corrected chi connectivity index (χ4v) is 5.71. The molecule has 4 aromatic rings. The number of aliphatic hydroxyl groups is 1. The largest absolute Gasteiger partial charge is 0.507 e. The van der Waals surface area contributed by atoms with E-state index in [2.05, 4.69) is 0 Å². The van der Waals surface area contributed by atoms with Crippen molar-refractivity contribution in [2.24, 2.45) is 0 Å². The van der Waals surface area contributed by atoms with Gasteiger partial charge in [-0.05, 0) is 80.8 Å². The summed E-state index contributed by atoms with van der Waals surface area (Å²) in [5.74, 6) is -0.169. The Morgan fingerprint density at radius 1 is 1.06 bits per heavy atom. The first-order valence-electron chi connectivity index (χ1n) is 11.1. The molecule has 0 bridgehead atoms. The summed E-state index contributed by atoms with van der Waals surface area (Å²) in [6.07, 6.45) is 0. The number of hydrogen-bond donors (Lipinski definition) is 1. The number of Topliss-reactive ketones (excluding diaryl/α,β-unsaturated/α-hetero) is 1. The van der Waals surface area contributed by atoms with E-state index in [9.17, 15) is 14.7 Å². The lowest BCUT2D eigenvalue weighted by atomic mass is 9.98. The minimum atomic E-state index is -0.951. The van der Waals surface area contributed by atoms with Gasteiger partial charge in [0.05, 0.1) is 22.9 Å². The fourth-order valence-electron chi connectivity index (χ4n) is 4.54. The zero-order valence-electron chi connectivity index (χ0n) is 20.0. The molecule has 1 N–H and O–H groups in total. The van der Waals surface area contributed by atoms with Crippen molar-refractivity contribution in [1.29, 1.82) is 0 Å². The number of rotatable bonds is 4.